The topological polar surface area (TPSA) is 28.2 Å². The minimum Gasteiger partial charge on any atom is -0.312 e. The van der Waals surface area contributed by atoms with Gasteiger partial charge in [-0.3, -0.25) is 0 Å². The van der Waals surface area contributed by atoms with E-state index in [0.717, 1.165) is 13.0 Å². The Bertz CT molecular complexity index is 400. The highest BCUT2D eigenvalue weighted by molar-refractivity contribution is 7.99. The van der Waals surface area contributed by atoms with Gasteiger partial charge in [-0.2, -0.15) is 11.8 Å². The lowest BCUT2D eigenvalue weighted by Gasteiger charge is -2.38. The van der Waals surface area contributed by atoms with Crippen molar-refractivity contribution in [3.05, 3.63) is 15.6 Å². The van der Waals surface area contributed by atoms with E-state index in [1.54, 1.807) is 0 Å². The van der Waals surface area contributed by atoms with Gasteiger partial charge in [0.25, 0.3) is 0 Å². The number of thioether (sulfide) groups is 1. The van der Waals surface area contributed by atoms with Gasteiger partial charge in [0, 0.05) is 41.4 Å². The number of hydrogen-bond acceptors (Lipinski definition) is 5. The van der Waals surface area contributed by atoms with Crippen LogP contribution in [0.4, 0.5) is 0 Å². The summed E-state index contributed by atoms with van der Waals surface area (Å²) in [6.45, 7) is 8.83. The molecule has 2 atom stereocenters. The van der Waals surface area contributed by atoms with Crippen LogP contribution in [0.3, 0.4) is 0 Å². The van der Waals surface area contributed by atoms with Crippen LogP contribution in [0, 0.1) is 13.8 Å². The first-order chi connectivity index (χ1) is 9.61. The van der Waals surface area contributed by atoms with E-state index in [1.807, 2.05) is 11.3 Å². The van der Waals surface area contributed by atoms with Crippen molar-refractivity contribution in [3.8, 4) is 0 Å². The third-order valence-corrected chi connectivity index (χ3v) is 6.18. The molecule has 1 N–H and O–H groups in total. The average Bonchev–Trinajstić information content (AvgIpc) is 2.74. The van der Waals surface area contributed by atoms with Gasteiger partial charge in [0.05, 0.1) is 10.7 Å². The second-order valence-corrected chi connectivity index (χ2v) is 8.07. The summed E-state index contributed by atoms with van der Waals surface area (Å²) < 4.78 is 0. The van der Waals surface area contributed by atoms with E-state index in [-0.39, 0.29) is 0 Å². The minimum absolute atomic E-state index is 0.526. The summed E-state index contributed by atoms with van der Waals surface area (Å²) in [5, 5.41) is 5.05. The molecule has 1 aromatic rings. The number of nitrogens with one attached hydrogen (secondary N) is 1. The summed E-state index contributed by atoms with van der Waals surface area (Å²) in [4.78, 5) is 8.62. The Labute approximate surface area is 131 Å². The Morgan fingerprint density at radius 1 is 1.45 bits per heavy atom. The molecular weight excluding hydrogens is 286 g/mol. The van der Waals surface area contributed by atoms with Crippen molar-refractivity contribution >= 4 is 23.1 Å². The number of nitrogens with zero attached hydrogens (tertiary/aromatic N) is 2. The molecule has 1 aliphatic heterocycles. The number of aromatic nitrogens is 1. The van der Waals surface area contributed by atoms with Gasteiger partial charge in [0.2, 0.25) is 0 Å². The van der Waals surface area contributed by atoms with E-state index >= 15 is 0 Å². The summed E-state index contributed by atoms with van der Waals surface area (Å²) in [5.41, 5.74) is 1.20. The van der Waals surface area contributed by atoms with Crippen LogP contribution in [0.25, 0.3) is 0 Å². The monoisotopic (exact) mass is 313 g/mol. The summed E-state index contributed by atoms with van der Waals surface area (Å²) in [5.74, 6) is 2.50. The standard InChI is InChI=1S/C15H27N3S2/c1-5-6-16-13(14-10-19-8-7-18(14)4)9-15-17-11(2)12(3)20-15/h13-14,16H,5-10H2,1-4H3. The Morgan fingerprint density at radius 2 is 2.25 bits per heavy atom. The van der Waals surface area contributed by atoms with Crippen LogP contribution in [0.1, 0.15) is 28.9 Å². The van der Waals surface area contributed by atoms with Crippen LogP contribution < -0.4 is 5.32 Å². The first kappa shape index (κ1) is 16.3. The molecular formula is C15H27N3S2. The number of aryl methyl sites for hydroxylation is 2. The van der Waals surface area contributed by atoms with Crippen molar-refractivity contribution in [2.75, 3.05) is 31.6 Å². The van der Waals surface area contributed by atoms with Crippen LogP contribution >= 0.6 is 23.1 Å². The minimum atomic E-state index is 0.526. The predicted octanol–water partition coefficient (Wildman–Crippen LogP) is 2.72. The maximum Gasteiger partial charge on any atom is 0.0947 e. The van der Waals surface area contributed by atoms with Gasteiger partial charge in [-0.15, -0.1) is 11.3 Å². The molecule has 2 unspecified atom stereocenters. The van der Waals surface area contributed by atoms with E-state index in [9.17, 15) is 0 Å². The number of thiazole rings is 1. The lowest BCUT2D eigenvalue weighted by atomic mass is 10.0. The second-order valence-electron chi connectivity index (χ2n) is 5.64. The van der Waals surface area contributed by atoms with Crippen LogP contribution in [0.5, 0.6) is 0 Å². The summed E-state index contributed by atoms with van der Waals surface area (Å²) in [6.07, 6.45) is 2.25. The molecule has 0 bridgehead atoms. The maximum absolute atomic E-state index is 4.73. The van der Waals surface area contributed by atoms with E-state index in [1.165, 1.54) is 40.0 Å². The largest absolute Gasteiger partial charge is 0.312 e. The van der Waals surface area contributed by atoms with Crippen LogP contribution in [0.2, 0.25) is 0 Å². The zero-order valence-electron chi connectivity index (χ0n) is 13.1. The third kappa shape index (κ3) is 4.20. The lowest BCUT2D eigenvalue weighted by molar-refractivity contribution is 0.213. The molecule has 114 valence electrons. The van der Waals surface area contributed by atoms with Gasteiger partial charge in [-0.1, -0.05) is 6.92 Å². The normalized spacial score (nSPS) is 22.1. The Hall–Kier alpha value is -0.100. The van der Waals surface area contributed by atoms with Crippen LogP contribution in [-0.2, 0) is 6.42 Å². The van der Waals surface area contributed by atoms with E-state index < -0.39 is 0 Å². The van der Waals surface area contributed by atoms with Crippen LogP contribution in [-0.4, -0.2) is 53.6 Å². The highest BCUT2D eigenvalue weighted by atomic mass is 32.2. The molecule has 2 heterocycles. The zero-order chi connectivity index (χ0) is 14.5. The number of likely N-dealkylation sites (N-methyl/N-ethyl adjacent to an activating group) is 1. The Kier molecular flexibility index (Phi) is 6.33. The summed E-state index contributed by atoms with van der Waals surface area (Å²) >= 11 is 3.95. The molecule has 20 heavy (non-hydrogen) atoms. The number of hydrogen-bond donors (Lipinski definition) is 1. The molecule has 0 radical (unpaired) electrons. The molecule has 2 rings (SSSR count). The first-order valence-electron chi connectivity index (χ1n) is 7.56. The SMILES string of the molecule is CCCNC(Cc1nc(C)c(C)s1)C1CSCCN1C. The van der Waals surface area contributed by atoms with Crippen molar-refractivity contribution < 1.29 is 0 Å². The average molecular weight is 314 g/mol. The molecule has 1 aliphatic rings. The van der Waals surface area contributed by atoms with Gasteiger partial charge in [-0.05, 0) is 33.9 Å². The maximum atomic E-state index is 4.73. The lowest BCUT2D eigenvalue weighted by Crippen LogP contribution is -2.53. The van der Waals surface area contributed by atoms with E-state index in [2.05, 4.69) is 49.8 Å². The third-order valence-electron chi connectivity index (χ3n) is 4.03. The Balaban J connectivity index is 2.05. The Morgan fingerprint density at radius 3 is 2.85 bits per heavy atom. The highest BCUT2D eigenvalue weighted by Gasteiger charge is 2.28. The van der Waals surface area contributed by atoms with Gasteiger partial charge < -0.3 is 10.2 Å². The highest BCUT2D eigenvalue weighted by Crippen LogP contribution is 2.23. The summed E-state index contributed by atoms with van der Waals surface area (Å²) in [6, 6.07) is 1.16. The summed E-state index contributed by atoms with van der Waals surface area (Å²) in [7, 11) is 2.27. The molecule has 5 heteroatoms. The van der Waals surface area contributed by atoms with Crippen molar-refractivity contribution in [1.82, 2.24) is 15.2 Å². The van der Waals surface area contributed by atoms with Gasteiger partial charge in [-0.25, -0.2) is 4.98 Å². The molecule has 0 saturated carbocycles. The molecule has 1 fully saturated rings. The smallest absolute Gasteiger partial charge is 0.0947 e. The van der Waals surface area contributed by atoms with Crippen molar-refractivity contribution in [2.45, 2.75) is 45.7 Å². The quantitative estimate of drug-likeness (QED) is 0.874. The van der Waals surface area contributed by atoms with E-state index in [0.29, 0.717) is 12.1 Å². The molecule has 0 spiro atoms. The number of rotatable bonds is 6. The first-order valence-corrected chi connectivity index (χ1v) is 9.53. The fraction of sp³-hybridized carbons (Fsp3) is 0.800. The molecule has 1 aromatic heterocycles. The molecule has 0 aromatic carbocycles. The fourth-order valence-electron chi connectivity index (χ4n) is 2.62. The molecule has 0 amide bonds. The van der Waals surface area contributed by atoms with Crippen molar-refractivity contribution in [2.24, 2.45) is 0 Å². The van der Waals surface area contributed by atoms with Gasteiger partial charge in [0.15, 0.2) is 0 Å². The predicted molar refractivity (Wildman–Crippen MR) is 91.1 cm³/mol. The molecule has 0 aliphatic carbocycles. The van der Waals surface area contributed by atoms with Crippen molar-refractivity contribution in [1.29, 1.82) is 0 Å². The zero-order valence-corrected chi connectivity index (χ0v) is 14.7. The van der Waals surface area contributed by atoms with Gasteiger partial charge >= 0.3 is 0 Å². The van der Waals surface area contributed by atoms with Crippen LogP contribution in [0.15, 0.2) is 0 Å². The van der Waals surface area contributed by atoms with Crippen molar-refractivity contribution in [3.63, 3.8) is 0 Å². The van der Waals surface area contributed by atoms with E-state index in [4.69, 9.17) is 4.98 Å². The second kappa shape index (κ2) is 7.78. The fourth-order valence-corrected chi connectivity index (χ4v) is 4.92. The molecule has 3 nitrogen and oxygen atoms in total. The van der Waals surface area contributed by atoms with Gasteiger partial charge in [0.1, 0.15) is 0 Å². The molecule has 1 saturated heterocycles.